The first-order valence-electron chi connectivity index (χ1n) is 8.59. The number of nitrogens with zero attached hydrogens (tertiary/aromatic N) is 1. The van der Waals surface area contributed by atoms with Crippen LogP contribution in [0.1, 0.15) is 40.7 Å². The van der Waals surface area contributed by atoms with Crippen molar-refractivity contribution in [1.29, 1.82) is 0 Å². The first-order chi connectivity index (χ1) is 12.5. The molecule has 2 aromatic carbocycles. The normalized spacial score (nSPS) is 23.8. The first-order valence-corrected chi connectivity index (χ1v) is 8.59. The molecule has 26 heavy (non-hydrogen) atoms. The molecule has 2 aliphatic rings. The minimum Gasteiger partial charge on any atom is -0.457 e. The van der Waals surface area contributed by atoms with Crippen LogP contribution >= 0.6 is 0 Å². The summed E-state index contributed by atoms with van der Waals surface area (Å²) >= 11 is 0. The highest BCUT2D eigenvalue weighted by Crippen LogP contribution is 2.49. The van der Waals surface area contributed by atoms with Crippen LogP contribution in [0.2, 0.25) is 0 Å². The second-order valence-electron chi connectivity index (χ2n) is 6.79. The van der Waals surface area contributed by atoms with Gasteiger partial charge in [0.1, 0.15) is 11.9 Å². The third-order valence-corrected chi connectivity index (χ3v) is 5.53. The van der Waals surface area contributed by atoms with Crippen LogP contribution < -0.4 is 0 Å². The molecule has 0 heterocycles. The summed E-state index contributed by atoms with van der Waals surface area (Å²) in [6, 6.07) is 13.2. The van der Waals surface area contributed by atoms with Crippen LogP contribution in [0.25, 0.3) is 0 Å². The molecule has 0 aliphatic heterocycles. The molecule has 4 rings (SSSR count). The minimum atomic E-state index is -0.743. The average molecular weight is 351 g/mol. The maximum absolute atomic E-state index is 12.7. The topological polar surface area (TPSA) is 86.5 Å². The highest BCUT2D eigenvalue weighted by Gasteiger charge is 2.56. The molecule has 0 saturated heterocycles. The average Bonchev–Trinajstić information content (AvgIpc) is 3.19. The zero-order valence-electron chi connectivity index (χ0n) is 14.0. The Morgan fingerprint density at radius 2 is 1.85 bits per heavy atom. The summed E-state index contributed by atoms with van der Waals surface area (Å²) in [4.78, 5) is 35.5. The number of hydrogen-bond acceptors (Lipinski definition) is 5. The van der Waals surface area contributed by atoms with Crippen LogP contribution in [0, 0.1) is 10.1 Å². The van der Waals surface area contributed by atoms with Crippen molar-refractivity contribution in [2.24, 2.45) is 0 Å². The largest absolute Gasteiger partial charge is 0.457 e. The molecule has 1 saturated carbocycles. The summed E-state index contributed by atoms with van der Waals surface area (Å²) in [5, 5.41) is 10.7. The molecule has 1 spiro atoms. The van der Waals surface area contributed by atoms with E-state index in [1.165, 1.54) is 24.3 Å². The number of Topliss-reactive ketones (excluding diaryl/α,β-unsaturated/α-hetero) is 1. The molecular weight excluding hydrogens is 334 g/mol. The number of aryl methyl sites for hydroxylation is 1. The lowest BCUT2D eigenvalue weighted by Crippen LogP contribution is -2.41. The molecular formula is C20H17NO5. The van der Waals surface area contributed by atoms with E-state index >= 15 is 0 Å². The van der Waals surface area contributed by atoms with Crippen molar-refractivity contribution in [2.45, 2.75) is 37.2 Å². The Morgan fingerprint density at radius 3 is 2.58 bits per heavy atom. The van der Waals surface area contributed by atoms with E-state index < -0.39 is 22.4 Å². The highest BCUT2D eigenvalue weighted by molar-refractivity contribution is 5.96. The summed E-state index contributed by atoms with van der Waals surface area (Å²) in [5.41, 5.74) is 1.53. The van der Waals surface area contributed by atoms with Gasteiger partial charge in [-0.25, -0.2) is 4.79 Å². The van der Waals surface area contributed by atoms with Gasteiger partial charge in [0.2, 0.25) is 0 Å². The number of ether oxygens (including phenoxy) is 1. The Kier molecular flexibility index (Phi) is 3.83. The molecule has 1 fully saturated rings. The molecule has 0 unspecified atom stereocenters. The van der Waals surface area contributed by atoms with Gasteiger partial charge in [-0.1, -0.05) is 24.3 Å². The zero-order chi connectivity index (χ0) is 18.3. The number of carbonyl (C=O) groups is 2. The van der Waals surface area contributed by atoms with Crippen molar-refractivity contribution in [3.05, 3.63) is 75.3 Å². The van der Waals surface area contributed by atoms with E-state index in [4.69, 9.17) is 4.74 Å². The second-order valence-corrected chi connectivity index (χ2v) is 6.79. The number of esters is 1. The molecule has 6 heteroatoms. The summed E-state index contributed by atoms with van der Waals surface area (Å²) < 4.78 is 5.73. The van der Waals surface area contributed by atoms with Crippen LogP contribution in [0.5, 0.6) is 0 Å². The summed E-state index contributed by atoms with van der Waals surface area (Å²) in [7, 11) is 0. The zero-order valence-corrected chi connectivity index (χ0v) is 14.0. The standard InChI is InChI=1S/C20H17NO5/c22-17-9-10-18(20(17)12-11-13-3-1-2-4-16(13)20)26-19(23)14-5-7-15(8-6-14)21(24)25/h1-8,18H,9-12H2/t18-,20-/m1/s1. The van der Waals surface area contributed by atoms with Crippen molar-refractivity contribution < 1.29 is 19.2 Å². The molecule has 2 aliphatic carbocycles. The van der Waals surface area contributed by atoms with Crippen LogP contribution in [0.3, 0.4) is 0 Å². The third-order valence-electron chi connectivity index (χ3n) is 5.53. The molecule has 2 aromatic rings. The van der Waals surface area contributed by atoms with E-state index in [2.05, 4.69) is 0 Å². The molecule has 132 valence electrons. The SMILES string of the molecule is O=C(O[C@@H]1CCC(=O)[C@]12CCc1ccccc12)c1ccc([N+](=O)[O-])cc1. The van der Waals surface area contributed by atoms with E-state index in [1.54, 1.807) is 0 Å². The smallest absolute Gasteiger partial charge is 0.338 e. The molecule has 0 radical (unpaired) electrons. The van der Waals surface area contributed by atoms with Gasteiger partial charge in [0.15, 0.2) is 0 Å². The van der Waals surface area contributed by atoms with Gasteiger partial charge in [0.25, 0.3) is 5.69 Å². The Balaban J connectivity index is 1.61. The lowest BCUT2D eigenvalue weighted by atomic mass is 9.77. The molecule has 6 nitrogen and oxygen atoms in total. The number of ketones is 1. The summed E-state index contributed by atoms with van der Waals surface area (Å²) in [6.07, 6.45) is 1.86. The van der Waals surface area contributed by atoms with Crippen molar-refractivity contribution >= 4 is 17.4 Å². The number of fused-ring (bicyclic) bond motifs is 2. The number of non-ortho nitro benzene ring substituents is 1. The van der Waals surface area contributed by atoms with Gasteiger partial charge in [-0.3, -0.25) is 14.9 Å². The van der Waals surface area contributed by atoms with Gasteiger partial charge >= 0.3 is 5.97 Å². The second kappa shape index (κ2) is 6.05. The Hall–Kier alpha value is -3.02. The number of hydrogen-bond donors (Lipinski definition) is 0. The third kappa shape index (κ3) is 2.41. The lowest BCUT2D eigenvalue weighted by Gasteiger charge is -2.30. The van der Waals surface area contributed by atoms with Crippen LogP contribution in [0.4, 0.5) is 5.69 Å². The maximum Gasteiger partial charge on any atom is 0.338 e. The van der Waals surface area contributed by atoms with Gasteiger partial charge in [-0.15, -0.1) is 0 Å². The number of nitro groups is 1. The van der Waals surface area contributed by atoms with E-state index in [1.807, 2.05) is 24.3 Å². The fraction of sp³-hybridized carbons (Fsp3) is 0.300. The quantitative estimate of drug-likeness (QED) is 0.481. The predicted molar refractivity (Wildman–Crippen MR) is 93.0 cm³/mol. The number of benzene rings is 2. The number of rotatable bonds is 3. The van der Waals surface area contributed by atoms with Crippen LogP contribution in [-0.2, 0) is 21.4 Å². The molecule has 0 aromatic heterocycles. The van der Waals surface area contributed by atoms with E-state index in [-0.39, 0.29) is 17.0 Å². The lowest BCUT2D eigenvalue weighted by molar-refractivity contribution is -0.384. The van der Waals surface area contributed by atoms with Gasteiger partial charge < -0.3 is 4.74 Å². The maximum atomic E-state index is 12.7. The molecule has 2 atom stereocenters. The molecule has 0 amide bonds. The Labute approximate surface area is 149 Å². The van der Waals surface area contributed by atoms with E-state index in [0.717, 1.165) is 17.5 Å². The summed E-state index contributed by atoms with van der Waals surface area (Å²) in [6.45, 7) is 0. The monoisotopic (exact) mass is 351 g/mol. The fourth-order valence-electron chi connectivity index (χ4n) is 4.25. The van der Waals surface area contributed by atoms with E-state index in [0.29, 0.717) is 19.3 Å². The molecule has 0 N–H and O–H groups in total. The predicted octanol–water partition coefficient (Wildman–Crippen LogP) is 3.37. The van der Waals surface area contributed by atoms with Gasteiger partial charge in [0.05, 0.1) is 15.9 Å². The van der Waals surface area contributed by atoms with Crippen LogP contribution in [0.15, 0.2) is 48.5 Å². The Morgan fingerprint density at radius 1 is 1.12 bits per heavy atom. The summed E-state index contributed by atoms with van der Waals surface area (Å²) in [5.74, 6) is -0.424. The van der Waals surface area contributed by atoms with Gasteiger partial charge in [0, 0.05) is 18.6 Å². The van der Waals surface area contributed by atoms with Gasteiger partial charge in [-0.05, 0) is 42.5 Å². The van der Waals surface area contributed by atoms with E-state index in [9.17, 15) is 19.7 Å². The number of carbonyl (C=O) groups excluding carboxylic acids is 2. The highest BCUT2D eigenvalue weighted by atomic mass is 16.6. The van der Waals surface area contributed by atoms with Crippen molar-refractivity contribution in [1.82, 2.24) is 0 Å². The van der Waals surface area contributed by atoms with Crippen molar-refractivity contribution in [2.75, 3.05) is 0 Å². The van der Waals surface area contributed by atoms with Crippen molar-refractivity contribution in [3.63, 3.8) is 0 Å². The fourth-order valence-corrected chi connectivity index (χ4v) is 4.25. The van der Waals surface area contributed by atoms with Crippen molar-refractivity contribution in [3.8, 4) is 0 Å². The van der Waals surface area contributed by atoms with Crippen LogP contribution in [-0.4, -0.2) is 22.8 Å². The molecule has 0 bridgehead atoms. The minimum absolute atomic E-state index is 0.0845. The van der Waals surface area contributed by atoms with Gasteiger partial charge in [-0.2, -0.15) is 0 Å². The Bertz CT molecular complexity index is 905. The first kappa shape index (κ1) is 16.4. The number of nitro benzene ring substituents is 1.